The van der Waals surface area contributed by atoms with Gasteiger partial charge in [0, 0.05) is 37.7 Å². The smallest absolute Gasteiger partial charge is 0.218 e. The van der Waals surface area contributed by atoms with E-state index in [1.54, 1.807) is 7.11 Å². The molecular weight excluding hydrogens is 340 g/mol. The third-order valence-electron chi connectivity index (χ3n) is 5.52. The molecule has 1 saturated heterocycles. The minimum atomic E-state index is -0.138. The van der Waals surface area contributed by atoms with Gasteiger partial charge in [-0.2, -0.15) is 0 Å². The summed E-state index contributed by atoms with van der Waals surface area (Å²) in [6, 6.07) is 10.3. The van der Waals surface area contributed by atoms with E-state index in [2.05, 4.69) is 45.0 Å². The molecule has 6 heteroatoms. The van der Waals surface area contributed by atoms with Gasteiger partial charge in [0.25, 0.3) is 0 Å². The minimum Gasteiger partial charge on any atom is -0.487 e. The number of benzene rings is 1. The summed E-state index contributed by atoms with van der Waals surface area (Å²) in [6.07, 6.45) is 6.44. The van der Waals surface area contributed by atoms with Crippen molar-refractivity contribution in [2.24, 2.45) is 0 Å². The predicted octanol–water partition coefficient (Wildman–Crippen LogP) is 3.44. The molecule has 2 aliphatic rings. The first-order valence-electron chi connectivity index (χ1n) is 9.45. The molecule has 142 valence electrons. The molecular formula is C21H26N4O2. The Bertz CT molecular complexity index is 802. The lowest BCUT2D eigenvalue weighted by atomic mass is 9.80. The summed E-state index contributed by atoms with van der Waals surface area (Å²) in [5, 5.41) is 3.58. The normalized spacial score (nSPS) is 21.1. The van der Waals surface area contributed by atoms with Crippen molar-refractivity contribution in [3.8, 4) is 11.6 Å². The average molecular weight is 366 g/mol. The molecule has 27 heavy (non-hydrogen) atoms. The first kappa shape index (κ1) is 17.8. The molecule has 1 unspecified atom stereocenters. The van der Waals surface area contributed by atoms with Crippen LogP contribution in [0.5, 0.6) is 11.6 Å². The van der Waals surface area contributed by atoms with E-state index in [9.17, 15) is 0 Å². The molecule has 4 rings (SSSR count). The topological polar surface area (TPSA) is 59.5 Å². The van der Waals surface area contributed by atoms with Gasteiger partial charge in [0.2, 0.25) is 5.88 Å². The molecule has 2 aliphatic heterocycles. The highest BCUT2D eigenvalue weighted by Gasteiger charge is 2.43. The highest BCUT2D eigenvalue weighted by atomic mass is 16.5. The van der Waals surface area contributed by atoms with Crippen LogP contribution in [-0.2, 0) is 0 Å². The van der Waals surface area contributed by atoms with Gasteiger partial charge in [0.1, 0.15) is 23.5 Å². The van der Waals surface area contributed by atoms with Gasteiger partial charge >= 0.3 is 0 Å². The molecule has 0 saturated carbocycles. The predicted molar refractivity (Wildman–Crippen MR) is 105 cm³/mol. The number of anilines is 1. The van der Waals surface area contributed by atoms with Gasteiger partial charge in [-0.05, 0) is 18.9 Å². The van der Waals surface area contributed by atoms with Crippen LogP contribution in [0.1, 0.15) is 30.9 Å². The Balaban J connectivity index is 1.58. The number of methoxy groups -OCH3 is 1. The van der Waals surface area contributed by atoms with Crippen LogP contribution in [0, 0.1) is 0 Å². The number of hydrogen-bond acceptors (Lipinski definition) is 6. The number of para-hydroxylation sites is 1. The molecule has 0 amide bonds. The maximum atomic E-state index is 6.55. The van der Waals surface area contributed by atoms with E-state index in [1.165, 1.54) is 11.9 Å². The van der Waals surface area contributed by atoms with Gasteiger partial charge in [-0.3, -0.25) is 4.90 Å². The van der Waals surface area contributed by atoms with Crippen LogP contribution < -0.4 is 14.8 Å². The number of nitrogens with zero attached hydrogens (tertiary/aromatic N) is 3. The fourth-order valence-corrected chi connectivity index (χ4v) is 4.09. The number of piperidine rings is 1. The van der Waals surface area contributed by atoms with E-state index in [4.69, 9.17) is 9.47 Å². The van der Waals surface area contributed by atoms with Crippen molar-refractivity contribution in [2.75, 3.05) is 32.1 Å². The van der Waals surface area contributed by atoms with Gasteiger partial charge in [-0.1, -0.05) is 24.3 Å². The molecule has 0 radical (unpaired) electrons. The first-order chi connectivity index (χ1) is 13.2. The molecule has 1 atom stereocenters. The Morgan fingerprint density at radius 1 is 1.33 bits per heavy atom. The van der Waals surface area contributed by atoms with Crippen molar-refractivity contribution < 1.29 is 9.47 Å². The summed E-state index contributed by atoms with van der Waals surface area (Å²) < 4.78 is 11.8. The van der Waals surface area contributed by atoms with Crippen LogP contribution >= 0.6 is 0 Å². The summed E-state index contributed by atoms with van der Waals surface area (Å²) in [4.78, 5) is 10.9. The summed E-state index contributed by atoms with van der Waals surface area (Å²) in [5.41, 5.74) is 1.04. The van der Waals surface area contributed by atoms with Crippen molar-refractivity contribution in [2.45, 2.75) is 30.9 Å². The van der Waals surface area contributed by atoms with E-state index in [1.807, 2.05) is 18.2 Å². The minimum absolute atomic E-state index is 0.138. The Labute approximate surface area is 160 Å². The van der Waals surface area contributed by atoms with Gasteiger partial charge in [0.15, 0.2) is 0 Å². The summed E-state index contributed by atoms with van der Waals surface area (Å²) >= 11 is 0. The fourth-order valence-electron chi connectivity index (χ4n) is 4.09. The monoisotopic (exact) mass is 366 g/mol. The number of likely N-dealkylation sites (tertiary alicyclic amines) is 1. The molecule has 0 aliphatic carbocycles. The SMILES string of the molecule is C=CCN1CCC2(CC1)CC(Nc1cc(OC)ncn1)c1ccccc1O2. The Kier molecular flexibility index (Phi) is 4.99. The zero-order valence-electron chi connectivity index (χ0n) is 15.7. The van der Waals surface area contributed by atoms with Crippen LogP contribution in [0.3, 0.4) is 0 Å². The summed E-state index contributed by atoms with van der Waals surface area (Å²) in [7, 11) is 1.61. The van der Waals surface area contributed by atoms with Crippen LogP contribution in [0.25, 0.3) is 0 Å². The Morgan fingerprint density at radius 3 is 2.93 bits per heavy atom. The molecule has 6 nitrogen and oxygen atoms in total. The van der Waals surface area contributed by atoms with E-state index < -0.39 is 0 Å². The second-order valence-electron chi connectivity index (χ2n) is 7.26. The second kappa shape index (κ2) is 7.56. The first-order valence-corrected chi connectivity index (χ1v) is 9.45. The van der Waals surface area contributed by atoms with Crippen molar-refractivity contribution in [3.05, 3.63) is 54.9 Å². The van der Waals surface area contributed by atoms with Crippen LogP contribution in [0.15, 0.2) is 49.3 Å². The zero-order valence-corrected chi connectivity index (χ0v) is 15.7. The lowest BCUT2D eigenvalue weighted by Crippen LogP contribution is -2.51. The van der Waals surface area contributed by atoms with Gasteiger partial charge in [-0.25, -0.2) is 9.97 Å². The molecule has 1 spiro atoms. The quantitative estimate of drug-likeness (QED) is 0.818. The number of hydrogen-bond donors (Lipinski definition) is 1. The average Bonchev–Trinajstić information content (AvgIpc) is 2.70. The van der Waals surface area contributed by atoms with E-state index in [0.717, 1.165) is 50.5 Å². The number of nitrogens with one attached hydrogen (secondary N) is 1. The van der Waals surface area contributed by atoms with Crippen LogP contribution in [0.4, 0.5) is 5.82 Å². The van der Waals surface area contributed by atoms with E-state index in [-0.39, 0.29) is 11.6 Å². The molecule has 0 bridgehead atoms. The largest absolute Gasteiger partial charge is 0.487 e. The molecule has 1 N–H and O–H groups in total. The Hall–Kier alpha value is -2.60. The second-order valence-corrected chi connectivity index (χ2v) is 7.26. The Morgan fingerprint density at radius 2 is 2.15 bits per heavy atom. The van der Waals surface area contributed by atoms with Gasteiger partial charge in [0.05, 0.1) is 13.2 Å². The molecule has 3 heterocycles. The van der Waals surface area contributed by atoms with E-state index in [0.29, 0.717) is 5.88 Å². The lowest BCUT2D eigenvalue weighted by Gasteiger charge is -2.47. The van der Waals surface area contributed by atoms with Crippen molar-refractivity contribution in [1.82, 2.24) is 14.9 Å². The maximum Gasteiger partial charge on any atom is 0.218 e. The van der Waals surface area contributed by atoms with Gasteiger partial charge in [-0.15, -0.1) is 6.58 Å². The number of fused-ring (bicyclic) bond motifs is 1. The van der Waals surface area contributed by atoms with E-state index >= 15 is 0 Å². The molecule has 2 aromatic rings. The van der Waals surface area contributed by atoms with Crippen molar-refractivity contribution >= 4 is 5.82 Å². The van der Waals surface area contributed by atoms with Crippen LogP contribution in [0.2, 0.25) is 0 Å². The van der Waals surface area contributed by atoms with Crippen molar-refractivity contribution in [1.29, 1.82) is 0 Å². The number of aromatic nitrogens is 2. The fraction of sp³-hybridized carbons (Fsp3) is 0.429. The van der Waals surface area contributed by atoms with Gasteiger partial charge < -0.3 is 14.8 Å². The zero-order chi connectivity index (χ0) is 18.7. The number of rotatable bonds is 5. The van der Waals surface area contributed by atoms with Crippen LogP contribution in [-0.4, -0.2) is 47.2 Å². The number of ether oxygens (including phenoxy) is 2. The summed E-state index contributed by atoms with van der Waals surface area (Å²) in [6.45, 7) is 6.86. The molecule has 1 fully saturated rings. The highest BCUT2D eigenvalue weighted by molar-refractivity contribution is 5.46. The third-order valence-corrected chi connectivity index (χ3v) is 5.52. The molecule has 1 aromatic heterocycles. The highest BCUT2D eigenvalue weighted by Crippen LogP contribution is 2.45. The van der Waals surface area contributed by atoms with Crippen molar-refractivity contribution in [3.63, 3.8) is 0 Å². The lowest BCUT2D eigenvalue weighted by molar-refractivity contribution is -0.0174. The standard InChI is InChI=1S/C21H26N4O2/c1-3-10-25-11-8-21(9-12-25)14-17(16-6-4-5-7-18(16)27-21)24-19-13-20(26-2)23-15-22-19/h3-7,13,15,17H,1,8-12,14H2,2H3,(H,22,23,24). The summed E-state index contributed by atoms with van der Waals surface area (Å²) in [5.74, 6) is 2.29. The molecule has 1 aromatic carbocycles. The maximum absolute atomic E-state index is 6.55. The third kappa shape index (κ3) is 3.76.